The molecule has 0 N–H and O–H groups in total. The Morgan fingerprint density at radius 1 is 0.509 bits per heavy atom. The molecule has 0 radical (unpaired) electrons. The van der Waals surface area contributed by atoms with Crippen LogP contribution in [0.5, 0.6) is 11.5 Å². The first-order chi connectivity index (χ1) is 27.6. The molecule has 0 saturated carbocycles. The van der Waals surface area contributed by atoms with Crippen LogP contribution in [0.1, 0.15) is 41.5 Å². The lowest BCUT2D eigenvalue weighted by molar-refractivity contribution is 0.484. The molecule has 0 spiro atoms. The number of ether oxygens (including phenoxy) is 1. The molecule has 0 fully saturated rings. The van der Waals surface area contributed by atoms with Crippen LogP contribution in [0.15, 0.2) is 176 Å². The lowest BCUT2D eigenvalue weighted by Gasteiger charge is -2.55. The van der Waals surface area contributed by atoms with E-state index < -0.39 is 16.1 Å². The molecule has 1 aliphatic rings. The van der Waals surface area contributed by atoms with Crippen molar-refractivity contribution in [2.45, 2.75) is 51.6 Å². The van der Waals surface area contributed by atoms with Gasteiger partial charge < -0.3 is 4.74 Å². The Labute approximate surface area is 337 Å². The van der Waals surface area contributed by atoms with Crippen LogP contribution < -0.4 is 35.9 Å². The number of para-hydroxylation sites is 6. The Balaban J connectivity index is 1.34. The average Bonchev–Trinajstić information content (AvgIpc) is 3.75. The standard InChI is InChI=1S/C51H47N3OSi2/c1-50(2,3)57(51(4,5)6)45-32-18-17-31-44(45)55-48-46(33-20-34-47(48)57)56(37-22-9-7-10-23-37,38-24-11-8-12-25-38)39-26-19-21-36(35-39)53-42-29-15-16-30-43(42)54-41-28-14-13-27-40(41)52-49(53)54/h7-35H,1-6H3. The van der Waals surface area contributed by atoms with E-state index in [1.54, 1.807) is 0 Å². The Bertz CT molecular complexity index is 2920. The molecule has 0 amide bonds. The molecule has 1 aliphatic heterocycles. The fourth-order valence-electron chi connectivity index (χ4n) is 10.9. The van der Waals surface area contributed by atoms with Gasteiger partial charge in [0, 0.05) is 5.69 Å². The van der Waals surface area contributed by atoms with Gasteiger partial charge in [-0.1, -0.05) is 175 Å². The van der Waals surface area contributed by atoms with Crippen LogP contribution in [0.25, 0.3) is 33.5 Å². The number of aromatic nitrogens is 3. The van der Waals surface area contributed by atoms with E-state index in [9.17, 15) is 0 Å². The smallest absolute Gasteiger partial charge is 0.220 e. The molecule has 10 rings (SSSR count). The predicted molar refractivity (Wildman–Crippen MR) is 244 cm³/mol. The summed E-state index contributed by atoms with van der Waals surface area (Å²) in [5.41, 5.74) is 5.43. The van der Waals surface area contributed by atoms with Crippen LogP contribution in [0.3, 0.4) is 0 Å². The van der Waals surface area contributed by atoms with E-state index in [1.807, 2.05) is 0 Å². The molecular weight excluding hydrogens is 727 g/mol. The first kappa shape index (κ1) is 35.5. The van der Waals surface area contributed by atoms with Gasteiger partial charge in [-0.05, 0) is 83.7 Å². The van der Waals surface area contributed by atoms with Crippen molar-refractivity contribution in [3.05, 3.63) is 176 Å². The summed E-state index contributed by atoms with van der Waals surface area (Å²) in [4.78, 5) is 5.26. The van der Waals surface area contributed by atoms with Crippen molar-refractivity contribution in [1.82, 2.24) is 14.0 Å². The summed E-state index contributed by atoms with van der Waals surface area (Å²) in [5, 5.41) is 7.95. The van der Waals surface area contributed by atoms with Gasteiger partial charge >= 0.3 is 0 Å². The number of rotatable bonds is 5. The Morgan fingerprint density at radius 3 is 1.74 bits per heavy atom. The van der Waals surface area contributed by atoms with Crippen molar-refractivity contribution in [2.24, 2.45) is 0 Å². The number of hydrogen-bond acceptors (Lipinski definition) is 2. The molecule has 0 unspecified atom stereocenters. The minimum atomic E-state index is -3.14. The molecule has 0 atom stereocenters. The van der Waals surface area contributed by atoms with Crippen LogP contribution in [-0.2, 0) is 0 Å². The summed E-state index contributed by atoms with van der Waals surface area (Å²) in [7, 11) is -5.73. The fraction of sp³-hybridized carbons (Fsp3) is 0.157. The third-order valence-corrected chi connectivity index (χ3v) is 24.3. The summed E-state index contributed by atoms with van der Waals surface area (Å²) in [6.45, 7) is 14.8. The maximum Gasteiger partial charge on any atom is 0.220 e. The Morgan fingerprint density at radius 2 is 1.05 bits per heavy atom. The number of nitrogens with zero attached hydrogens (tertiary/aromatic N) is 3. The van der Waals surface area contributed by atoms with E-state index in [4.69, 9.17) is 9.72 Å². The topological polar surface area (TPSA) is 31.5 Å². The largest absolute Gasteiger partial charge is 0.458 e. The van der Waals surface area contributed by atoms with Gasteiger partial charge in [-0.3, -0.25) is 8.97 Å². The van der Waals surface area contributed by atoms with Gasteiger partial charge in [-0.2, -0.15) is 0 Å². The minimum absolute atomic E-state index is 0.0171. The van der Waals surface area contributed by atoms with E-state index >= 15 is 0 Å². The molecule has 57 heavy (non-hydrogen) atoms. The highest BCUT2D eigenvalue weighted by Crippen LogP contribution is 2.54. The van der Waals surface area contributed by atoms with Crippen LogP contribution in [0.2, 0.25) is 10.1 Å². The summed E-state index contributed by atoms with van der Waals surface area (Å²) in [5.74, 6) is 2.95. The normalized spacial score (nSPS) is 14.1. The van der Waals surface area contributed by atoms with E-state index in [0.717, 1.165) is 45.0 Å². The molecular formula is C51H47N3OSi2. The number of benzene rings is 7. The van der Waals surface area contributed by atoms with Crippen LogP contribution in [0, 0.1) is 0 Å². The molecule has 7 aromatic carbocycles. The molecule has 4 nitrogen and oxygen atoms in total. The first-order valence-electron chi connectivity index (χ1n) is 20.1. The van der Waals surface area contributed by atoms with Crippen molar-refractivity contribution in [3.63, 3.8) is 0 Å². The molecule has 6 heteroatoms. The average molecular weight is 774 g/mol. The quantitative estimate of drug-likeness (QED) is 0.129. The van der Waals surface area contributed by atoms with Gasteiger partial charge in [0.1, 0.15) is 19.6 Å². The van der Waals surface area contributed by atoms with Gasteiger partial charge in [0.2, 0.25) is 5.78 Å². The summed E-state index contributed by atoms with van der Waals surface area (Å²) >= 11 is 0. The van der Waals surface area contributed by atoms with Crippen molar-refractivity contribution in [1.29, 1.82) is 0 Å². The molecule has 0 aliphatic carbocycles. The van der Waals surface area contributed by atoms with Gasteiger partial charge in [0.25, 0.3) is 0 Å². The fourth-order valence-corrected chi connectivity index (χ4v) is 23.4. The zero-order chi connectivity index (χ0) is 39.2. The van der Waals surface area contributed by atoms with E-state index in [2.05, 4.69) is 226 Å². The second-order valence-electron chi connectivity index (χ2n) is 17.6. The zero-order valence-electron chi connectivity index (χ0n) is 33.5. The van der Waals surface area contributed by atoms with Gasteiger partial charge in [-0.15, -0.1) is 0 Å². The maximum absolute atomic E-state index is 7.43. The van der Waals surface area contributed by atoms with E-state index in [-0.39, 0.29) is 10.1 Å². The van der Waals surface area contributed by atoms with Gasteiger partial charge in [0.05, 0.1) is 22.1 Å². The molecule has 2 aromatic heterocycles. The number of imidazole rings is 2. The predicted octanol–water partition coefficient (Wildman–Crippen LogP) is 9.08. The van der Waals surface area contributed by atoms with Gasteiger partial charge in [-0.25, -0.2) is 4.98 Å². The van der Waals surface area contributed by atoms with E-state index in [0.29, 0.717) is 0 Å². The second kappa shape index (κ2) is 12.8. The third-order valence-electron chi connectivity index (χ3n) is 12.6. The monoisotopic (exact) mass is 773 g/mol. The molecule has 0 saturated heterocycles. The highest BCUT2D eigenvalue weighted by atomic mass is 28.3. The number of fused-ring (bicyclic) bond motifs is 7. The molecule has 3 heterocycles. The first-order valence-corrected chi connectivity index (χ1v) is 24.1. The van der Waals surface area contributed by atoms with Crippen molar-refractivity contribution in [2.75, 3.05) is 0 Å². The van der Waals surface area contributed by atoms with Crippen molar-refractivity contribution >= 4 is 75.1 Å². The molecule has 9 aromatic rings. The molecule has 280 valence electrons. The number of hydrogen-bond donors (Lipinski definition) is 0. The Kier molecular flexibility index (Phi) is 7.95. The highest BCUT2D eigenvalue weighted by molar-refractivity contribution is 7.20. The molecule has 0 bridgehead atoms. The van der Waals surface area contributed by atoms with E-state index in [1.165, 1.54) is 31.1 Å². The summed E-state index contributed by atoms with van der Waals surface area (Å²) in [6, 6.07) is 65.0. The summed E-state index contributed by atoms with van der Waals surface area (Å²) in [6.07, 6.45) is 0. The maximum atomic E-state index is 7.43. The van der Waals surface area contributed by atoms with Crippen molar-refractivity contribution < 1.29 is 4.74 Å². The SMILES string of the molecule is CC(C)(C)[Si]1(C(C)(C)C)c2ccccc2Oc2c([Si](c3ccccc3)(c3ccccc3)c3cccc(-n4c5ccccc5n5c6ccccc6nc45)c3)cccc21. The summed E-state index contributed by atoms with van der Waals surface area (Å²) < 4.78 is 12.1. The lowest BCUT2D eigenvalue weighted by Crippen LogP contribution is -2.77. The Hall–Kier alpha value is -5.96. The lowest BCUT2D eigenvalue weighted by atomic mass is 10.2. The van der Waals surface area contributed by atoms with Gasteiger partial charge in [0.15, 0.2) is 8.07 Å². The third kappa shape index (κ3) is 4.93. The van der Waals surface area contributed by atoms with Crippen LogP contribution >= 0.6 is 0 Å². The zero-order valence-corrected chi connectivity index (χ0v) is 35.5. The van der Waals surface area contributed by atoms with Crippen LogP contribution in [0.4, 0.5) is 0 Å². The van der Waals surface area contributed by atoms with Crippen molar-refractivity contribution in [3.8, 4) is 17.2 Å². The highest BCUT2D eigenvalue weighted by Gasteiger charge is 2.60. The minimum Gasteiger partial charge on any atom is -0.458 e. The van der Waals surface area contributed by atoms with Crippen LogP contribution in [-0.4, -0.2) is 30.1 Å². The second-order valence-corrected chi connectivity index (χ2v) is 27.0.